The van der Waals surface area contributed by atoms with Crippen molar-refractivity contribution in [1.82, 2.24) is 0 Å². The third-order valence-corrected chi connectivity index (χ3v) is 6.68. The Balaban J connectivity index is 1.94. The van der Waals surface area contributed by atoms with Crippen molar-refractivity contribution in [2.24, 2.45) is 0 Å². The van der Waals surface area contributed by atoms with Gasteiger partial charge in [-0.2, -0.15) is 0 Å². The van der Waals surface area contributed by atoms with Gasteiger partial charge in [-0.25, -0.2) is 0 Å². The molecule has 0 N–H and O–H groups in total. The molecule has 0 amide bonds. The fourth-order valence-corrected chi connectivity index (χ4v) is 5.15. The summed E-state index contributed by atoms with van der Waals surface area (Å²) >= 11 is 0. The third-order valence-electron chi connectivity index (χ3n) is 6.68. The first-order chi connectivity index (χ1) is 15.6. The highest BCUT2D eigenvalue weighted by atomic mass is 14.5. The van der Waals surface area contributed by atoms with E-state index in [9.17, 15) is 0 Å². The van der Waals surface area contributed by atoms with Gasteiger partial charge in [-0.15, -0.1) is 0 Å². The summed E-state index contributed by atoms with van der Waals surface area (Å²) in [4.78, 5) is 0. The van der Waals surface area contributed by atoms with Gasteiger partial charge in [-0.05, 0) is 86.1 Å². The van der Waals surface area contributed by atoms with Crippen LogP contribution in [-0.2, 0) is 5.41 Å². The van der Waals surface area contributed by atoms with E-state index < -0.39 is 5.41 Å². The van der Waals surface area contributed by atoms with Crippen molar-refractivity contribution in [2.45, 2.75) is 12.3 Å². The topological polar surface area (TPSA) is 0 Å². The maximum atomic E-state index is 4.58. The minimum Gasteiger partial charge on any atom is -0.0988 e. The molecule has 0 atom stereocenters. The quantitative estimate of drug-likeness (QED) is 0.289. The van der Waals surface area contributed by atoms with Gasteiger partial charge in [0.2, 0.25) is 0 Å². The second kappa shape index (κ2) is 7.66. The third kappa shape index (κ3) is 2.77. The summed E-state index contributed by atoms with van der Waals surface area (Å²) in [6.07, 6.45) is 10.1. The molecule has 0 saturated heterocycles. The number of benzene rings is 4. The predicted octanol–water partition coefficient (Wildman–Crippen LogP) is 8.69. The normalized spacial score (nSPS) is 14.2. The SMILES string of the molecule is C=CC(=C)C1(C(=C)/C=C\C=C/C)c2cc3ccccc3cc2-c2cc3ccccc3cc21. The van der Waals surface area contributed by atoms with Crippen molar-refractivity contribution in [3.63, 3.8) is 0 Å². The van der Waals surface area contributed by atoms with E-state index in [4.69, 9.17) is 0 Å². The molecule has 0 nitrogen and oxygen atoms in total. The van der Waals surface area contributed by atoms with Crippen LogP contribution in [0.4, 0.5) is 0 Å². The Bertz CT molecular complexity index is 1390. The number of allylic oxidation sites excluding steroid dienone is 7. The monoisotopic (exact) mass is 410 g/mol. The molecule has 4 aromatic carbocycles. The van der Waals surface area contributed by atoms with Gasteiger partial charge in [0.25, 0.3) is 0 Å². The van der Waals surface area contributed by atoms with Gasteiger partial charge in [0.05, 0.1) is 5.41 Å². The van der Waals surface area contributed by atoms with E-state index >= 15 is 0 Å². The second-order valence-corrected chi connectivity index (χ2v) is 8.38. The maximum Gasteiger partial charge on any atom is 0.0702 e. The Labute approximate surface area is 190 Å². The van der Waals surface area contributed by atoms with Gasteiger partial charge >= 0.3 is 0 Å². The van der Waals surface area contributed by atoms with E-state index in [-0.39, 0.29) is 0 Å². The molecular formula is C32H26. The zero-order chi connectivity index (χ0) is 22.3. The van der Waals surface area contributed by atoms with Crippen LogP contribution in [0.15, 0.2) is 134 Å². The molecule has 0 radical (unpaired) electrons. The summed E-state index contributed by atoms with van der Waals surface area (Å²) in [5.41, 5.74) is 6.31. The van der Waals surface area contributed by atoms with Crippen LogP contribution in [0.25, 0.3) is 32.7 Å². The van der Waals surface area contributed by atoms with Crippen LogP contribution in [0.5, 0.6) is 0 Å². The van der Waals surface area contributed by atoms with E-state index in [2.05, 4.69) is 105 Å². The highest BCUT2D eigenvalue weighted by Crippen LogP contribution is 2.57. The van der Waals surface area contributed by atoms with Crippen molar-refractivity contribution in [3.8, 4) is 11.1 Å². The Morgan fingerprint density at radius 1 is 0.688 bits per heavy atom. The summed E-state index contributed by atoms with van der Waals surface area (Å²) in [6.45, 7) is 15.2. The summed E-state index contributed by atoms with van der Waals surface area (Å²) in [6, 6.07) is 26.4. The second-order valence-electron chi connectivity index (χ2n) is 8.38. The lowest BCUT2D eigenvalue weighted by Crippen LogP contribution is -2.28. The fraction of sp³-hybridized carbons (Fsp3) is 0.0625. The first-order valence-electron chi connectivity index (χ1n) is 11.0. The summed E-state index contributed by atoms with van der Waals surface area (Å²) in [7, 11) is 0. The first kappa shape index (κ1) is 20.0. The number of hydrogen-bond donors (Lipinski definition) is 0. The van der Waals surface area contributed by atoms with Crippen molar-refractivity contribution in [1.29, 1.82) is 0 Å². The zero-order valence-corrected chi connectivity index (χ0v) is 18.4. The van der Waals surface area contributed by atoms with Gasteiger partial charge < -0.3 is 0 Å². The summed E-state index contributed by atoms with van der Waals surface area (Å²) in [5.74, 6) is 0. The lowest BCUT2D eigenvalue weighted by molar-refractivity contribution is 0.775. The van der Waals surface area contributed by atoms with E-state index in [1.165, 1.54) is 43.8 Å². The summed E-state index contributed by atoms with van der Waals surface area (Å²) in [5, 5.41) is 4.91. The van der Waals surface area contributed by atoms with E-state index in [0.29, 0.717) is 0 Å². The summed E-state index contributed by atoms with van der Waals surface area (Å²) < 4.78 is 0. The molecule has 1 aliphatic rings. The lowest BCUT2D eigenvalue weighted by atomic mass is 9.67. The van der Waals surface area contributed by atoms with Crippen molar-refractivity contribution in [2.75, 3.05) is 0 Å². The van der Waals surface area contributed by atoms with Crippen LogP contribution in [-0.4, -0.2) is 0 Å². The van der Waals surface area contributed by atoms with Gasteiger partial charge in [-0.1, -0.05) is 98.6 Å². The standard InChI is InChI=1S/C32H26/c1-5-7-8-13-23(4)32(22(3)6-2)30-20-26-16-11-9-14-24(26)18-28(30)29-19-25-15-10-12-17-27(25)21-31(29)32/h5-21H,2-4H2,1H3/b7-5-,13-8-. The minimum absolute atomic E-state index is 0.557. The van der Waals surface area contributed by atoms with Crippen LogP contribution in [0.1, 0.15) is 18.1 Å². The van der Waals surface area contributed by atoms with E-state index in [1.54, 1.807) is 0 Å². The molecule has 0 aromatic heterocycles. The molecule has 0 saturated carbocycles. The Hall–Kier alpha value is -3.90. The molecule has 0 heteroatoms. The van der Waals surface area contributed by atoms with Crippen LogP contribution >= 0.6 is 0 Å². The largest absolute Gasteiger partial charge is 0.0988 e. The molecule has 0 spiro atoms. The minimum atomic E-state index is -0.557. The smallest absolute Gasteiger partial charge is 0.0702 e. The molecule has 0 heterocycles. The Morgan fingerprint density at radius 2 is 1.16 bits per heavy atom. The molecule has 0 unspecified atom stereocenters. The molecule has 0 fully saturated rings. The average molecular weight is 411 g/mol. The molecule has 0 aliphatic heterocycles. The predicted molar refractivity (Wildman–Crippen MR) is 140 cm³/mol. The Morgan fingerprint density at radius 3 is 1.59 bits per heavy atom. The van der Waals surface area contributed by atoms with Crippen LogP contribution in [0.3, 0.4) is 0 Å². The Kier molecular flexibility index (Phi) is 4.79. The zero-order valence-electron chi connectivity index (χ0n) is 18.4. The number of rotatable bonds is 5. The molecule has 4 aromatic rings. The molecule has 32 heavy (non-hydrogen) atoms. The van der Waals surface area contributed by atoms with E-state index in [1.807, 2.05) is 25.2 Å². The molecular weight excluding hydrogens is 384 g/mol. The maximum absolute atomic E-state index is 4.58. The molecule has 0 bridgehead atoms. The van der Waals surface area contributed by atoms with Crippen molar-refractivity contribution >= 4 is 21.5 Å². The van der Waals surface area contributed by atoms with Crippen LogP contribution in [0.2, 0.25) is 0 Å². The average Bonchev–Trinajstić information content (AvgIpc) is 3.10. The van der Waals surface area contributed by atoms with Crippen molar-refractivity contribution in [3.05, 3.63) is 145 Å². The highest BCUT2D eigenvalue weighted by molar-refractivity contribution is 6.00. The van der Waals surface area contributed by atoms with Gasteiger partial charge in [0.1, 0.15) is 0 Å². The van der Waals surface area contributed by atoms with Crippen LogP contribution < -0.4 is 0 Å². The van der Waals surface area contributed by atoms with E-state index in [0.717, 1.165) is 11.1 Å². The van der Waals surface area contributed by atoms with Gasteiger partial charge in [0.15, 0.2) is 0 Å². The number of fused-ring (bicyclic) bond motifs is 5. The van der Waals surface area contributed by atoms with Crippen molar-refractivity contribution < 1.29 is 0 Å². The molecule has 154 valence electrons. The fourth-order valence-electron chi connectivity index (χ4n) is 5.15. The lowest BCUT2D eigenvalue weighted by Gasteiger charge is -2.34. The first-order valence-corrected chi connectivity index (χ1v) is 11.0. The molecule has 1 aliphatic carbocycles. The number of hydrogen-bond acceptors (Lipinski definition) is 0. The van der Waals surface area contributed by atoms with Crippen LogP contribution in [0, 0.1) is 0 Å². The van der Waals surface area contributed by atoms with Gasteiger partial charge in [0, 0.05) is 0 Å². The molecule has 5 rings (SSSR count). The highest BCUT2D eigenvalue weighted by Gasteiger charge is 2.46. The van der Waals surface area contributed by atoms with Gasteiger partial charge in [-0.3, -0.25) is 0 Å².